The number of nitrogens with one attached hydrogen (secondary N) is 4. The number of amides is 2. The van der Waals surface area contributed by atoms with E-state index >= 15 is 0 Å². The molecule has 2 aromatic carbocycles. The summed E-state index contributed by atoms with van der Waals surface area (Å²) < 4.78 is 5.60. The number of benzene rings is 2. The summed E-state index contributed by atoms with van der Waals surface area (Å²) in [6.45, 7) is 1.81. The Labute approximate surface area is 166 Å². The SMILES string of the molecule is Cc1c(C(=O)NNC(=O)C2CC(c3cccc(Cl)c3)NN2)oc2ccccc12. The number of fused-ring (bicyclic) bond motifs is 1. The van der Waals surface area contributed by atoms with Crippen molar-refractivity contribution in [1.29, 1.82) is 0 Å². The predicted octanol–water partition coefficient (Wildman–Crippen LogP) is 2.76. The van der Waals surface area contributed by atoms with Gasteiger partial charge in [-0.2, -0.15) is 0 Å². The van der Waals surface area contributed by atoms with E-state index in [1.165, 1.54) is 0 Å². The molecule has 144 valence electrons. The van der Waals surface area contributed by atoms with Crippen LogP contribution in [0.25, 0.3) is 11.0 Å². The van der Waals surface area contributed by atoms with Crippen molar-refractivity contribution in [2.45, 2.75) is 25.4 Å². The zero-order valence-electron chi connectivity index (χ0n) is 15.1. The molecule has 1 aromatic heterocycles. The van der Waals surface area contributed by atoms with Crippen molar-refractivity contribution in [3.63, 3.8) is 0 Å². The molecule has 2 unspecified atom stereocenters. The Morgan fingerprint density at radius 2 is 1.93 bits per heavy atom. The lowest BCUT2D eigenvalue weighted by Crippen LogP contribution is -2.50. The smallest absolute Gasteiger partial charge is 0.305 e. The molecule has 3 aromatic rings. The maximum atomic E-state index is 12.4. The first kappa shape index (κ1) is 18.5. The van der Waals surface area contributed by atoms with E-state index in [9.17, 15) is 9.59 Å². The molecule has 0 bridgehead atoms. The first-order chi connectivity index (χ1) is 13.5. The Morgan fingerprint density at radius 3 is 2.71 bits per heavy atom. The van der Waals surface area contributed by atoms with Gasteiger partial charge >= 0.3 is 5.91 Å². The lowest BCUT2D eigenvalue weighted by Gasteiger charge is -2.11. The number of aryl methyl sites for hydroxylation is 1. The van der Waals surface area contributed by atoms with Crippen molar-refractivity contribution in [2.75, 3.05) is 0 Å². The van der Waals surface area contributed by atoms with Gasteiger partial charge in [-0.15, -0.1) is 0 Å². The van der Waals surface area contributed by atoms with E-state index < -0.39 is 11.9 Å². The van der Waals surface area contributed by atoms with Crippen LogP contribution in [-0.2, 0) is 4.79 Å². The fourth-order valence-corrected chi connectivity index (χ4v) is 3.52. The molecule has 1 aliphatic rings. The molecule has 1 saturated heterocycles. The van der Waals surface area contributed by atoms with Crippen LogP contribution in [-0.4, -0.2) is 17.9 Å². The second-order valence-corrected chi connectivity index (χ2v) is 7.12. The van der Waals surface area contributed by atoms with Gasteiger partial charge in [-0.3, -0.25) is 20.4 Å². The topological polar surface area (TPSA) is 95.4 Å². The van der Waals surface area contributed by atoms with E-state index in [2.05, 4.69) is 21.7 Å². The molecule has 28 heavy (non-hydrogen) atoms. The molecular weight excluding hydrogens is 380 g/mol. The van der Waals surface area contributed by atoms with Crippen molar-refractivity contribution in [3.05, 3.63) is 70.4 Å². The van der Waals surface area contributed by atoms with Gasteiger partial charge in [0.2, 0.25) is 0 Å². The predicted molar refractivity (Wildman–Crippen MR) is 105 cm³/mol. The highest BCUT2D eigenvalue weighted by molar-refractivity contribution is 6.30. The molecule has 8 heteroatoms. The molecule has 7 nitrogen and oxygen atoms in total. The molecule has 0 spiro atoms. The molecular formula is C20H19ClN4O3. The van der Waals surface area contributed by atoms with Gasteiger partial charge < -0.3 is 4.42 Å². The van der Waals surface area contributed by atoms with Crippen molar-refractivity contribution in [2.24, 2.45) is 0 Å². The monoisotopic (exact) mass is 398 g/mol. The van der Waals surface area contributed by atoms with Gasteiger partial charge in [0.25, 0.3) is 5.91 Å². The van der Waals surface area contributed by atoms with Crippen LogP contribution in [0.4, 0.5) is 0 Å². The normalized spacial score (nSPS) is 18.9. The van der Waals surface area contributed by atoms with Gasteiger partial charge in [0, 0.05) is 22.0 Å². The quantitative estimate of drug-likeness (QED) is 0.509. The van der Waals surface area contributed by atoms with E-state index in [4.69, 9.17) is 16.0 Å². The van der Waals surface area contributed by atoms with Gasteiger partial charge in [0.15, 0.2) is 5.76 Å². The first-order valence-corrected chi connectivity index (χ1v) is 9.25. The number of carbonyl (C=O) groups excluding carboxylic acids is 2. The summed E-state index contributed by atoms with van der Waals surface area (Å²) in [4.78, 5) is 24.8. The minimum Gasteiger partial charge on any atom is -0.451 e. The maximum Gasteiger partial charge on any atom is 0.305 e. The summed E-state index contributed by atoms with van der Waals surface area (Å²) in [5.41, 5.74) is 13.2. The standard InChI is InChI=1S/C20H19ClN4O3/c1-11-14-7-2-3-8-17(14)28-18(11)20(27)25-24-19(26)16-10-15(22-23-16)12-5-4-6-13(21)9-12/h2-9,15-16,22-23H,10H2,1H3,(H,24,26)(H,25,27). The fourth-order valence-electron chi connectivity index (χ4n) is 3.32. The number of para-hydroxylation sites is 1. The van der Waals surface area contributed by atoms with Crippen molar-refractivity contribution in [1.82, 2.24) is 21.7 Å². The summed E-state index contributed by atoms with van der Waals surface area (Å²) in [5, 5.41) is 1.51. The Balaban J connectivity index is 1.36. The summed E-state index contributed by atoms with van der Waals surface area (Å²) in [7, 11) is 0. The number of furan rings is 1. The molecule has 2 atom stereocenters. The Hall–Kier alpha value is -2.87. The Morgan fingerprint density at radius 1 is 1.11 bits per heavy atom. The maximum absolute atomic E-state index is 12.4. The molecule has 1 aliphatic heterocycles. The van der Waals surface area contributed by atoms with Crippen LogP contribution in [0, 0.1) is 6.92 Å². The lowest BCUT2D eigenvalue weighted by atomic mass is 10.0. The largest absolute Gasteiger partial charge is 0.451 e. The van der Waals surface area contributed by atoms with Crippen molar-refractivity contribution < 1.29 is 14.0 Å². The van der Waals surface area contributed by atoms with Gasteiger partial charge in [-0.1, -0.05) is 41.9 Å². The third-order valence-corrected chi connectivity index (χ3v) is 5.05. The average molecular weight is 399 g/mol. The molecule has 0 radical (unpaired) electrons. The van der Waals surface area contributed by atoms with Gasteiger partial charge in [-0.05, 0) is 37.1 Å². The van der Waals surface area contributed by atoms with E-state index in [-0.39, 0.29) is 17.7 Å². The summed E-state index contributed by atoms with van der Waals surface area (Å²) >= 11 is 6.02. The van der Waals surface area contributed by atoms with E-state index in [1.54, 1.807) is 19.1 Å². The molecule has 4 N–H and O–H groups in total. The van der Waals surface area contributed by atoms with E-state index in [1.807, 2.05) is 36.4 Å². The van der Waals surface area contributed by atoms with Crippen LogP contribution in [0.2, 0.25) is 5.02 Å². The van der Waals surface area contributed by atoms with Gasteiger partial charge in [0.05, 0.1) is 0 Å². The lowest BCUT2D eigenvalue weighted by molar-refractivity contribution is -0.123. The zero-order chi connectivity index (χ0) is 19.7. The summed E-state index contributed by atoms with van der Waals surface area (Å²) in [6, 6.07) is 14.3. The van der Waals surface area contributed by atoms with Crippen LogP contribution in [0.3, 0.4) is 0 Å². The number of hydrazine groups is 2. The highest BCUT2D eigenvalue weighted by Crippen LogP contribution is 2.25. The first-order valence-electron chi connectivity index (χ1n) is 8.88. The van der Waals surface area contributed by atoms with Crippen LogP contribution < -0.4 is 21.7 Å². The summed E-state index contributed by atoms with van der Waals surface area (Å²) in [5.74, 6) is -0.672. The second-order valence-electron chi connectivity index (χ2n) is 6.68. The number of halogens is 1. The fraction of sp³-hybridized carbons (Fsp3) is 0.200. The third kappa shape index (κ3) is 3.60. The van der Waals surface area contributed by atoms with Crippen molar-refractivity contribution in [3.8, 4) is 0 Å². The third-order valence-electron chi connectivity index (χ3n) is 4.82. The van der Waals surface area contributed by atoms with E-state index in [0.29, 0.717) is 17.0 Å². The molecule has 2 heterocycles. The van der Waals surface area contributed by atoms with Crippen LogP contribution >= 0.6 is 11.6 Å². The van der Waals surface area contributed by atoms with Crippen LogP contribution in [0.1, 0.15) is 34.1 Å². The molecule has 2 amide bonds. The average Bonchev–Trinajstić information content (AvgIpc) is 3.32. The second kappa shape index (κ2) is 7.63. The van der Waals surface area contributed by atoms with Crippen LogP contribution in [0.15, 0.2) is 52.9 Å². The number of rotatable bonds is 3. The highest BCUT2D eigenvalue weighted by atomic mass is 35.5. The summed E-state index contributed by atoms with van der Waals surface area (Å²) in [6.07, 6.45) is 0.520. The van der Waals surface area contributed by atoms with Crippen LogP contribution in [0.5, 0.6) is 0 Å². The molecule has 0 saturated carbocycles. The minimum absolute atomic E-state index is 0.0530. The Kier molecular flexibility index (Phi) is 5.04. The van der Waals surface area contributed by atoms with Crippen molar-refractivity contribution >= 4 is 34.4 Å². The molecule has 4 rings (SSSR count). The Bertz CT molecular complexity index is 1050. The number of hydrogen-bond donors (Lipinski definition) is 4. The van der Waals surface area contributed by atoms with Gasteiger partial charge in [0.1, 0.15) is 11.6 Å². The van der Waals surface area contributed by atoms with Gasteiger partial charge in [-0.25, -0.2) is 10.9 Å². The number of hydrogen-bond acceptors (Lipinski definition) is 5. The highest BCUT2D eigenvalue weighted by Gasteiger charge is 2.30. The number of carbonyl (C=O) groups is 2. The zero-order valence-corrected chi connectivity index (χ0v) is 15.8. The molecule has 0 aliphatic carbocycles. The van der Waals surface area contributed by atoms with E-state index in [0.717, 1.165) is 16.5 Å². The molecule has 1 fully saturated rings. The minimum atomic E-state index is -0.501.